The second-order valence-corrected chi connectivity index (χ2v) is 8.60. The van der Waals surface area contributed by atoms with Crippen molar-refractivity contribution < 1.29 is 23.8 Å². The minimum atomic E-state index is -0.119. The van der Waals surface area contributed by atoms with Gasteiger partial charge in [0.1, 0.15) is 0 Å². The van der Waals surface area contributed by atoms with Crippen molar-refractivity contribution in [1.82, 2.24) is 4.90 Å². The first-order valence-electron chi connectivity index (χ1n) is 10.1. The monoisotopic (exact) mass is 430 g/mol. The Balaban J connectivity index is 1.42. The molecule has 0 bridgehead atoms. The molecular weight excluding hydrogens is 404 g/mol. The van der Waals surface area contributed by atoms with E-state index in [9.17, 15) is 9.59 Å². The van der Waals surface area contributed by atoms with Crippen molar-refractivity contribution in [3.63, 3.8) is 0 Å². The van der Waals surface area contributed by atoms with Gasteiger partial charge >= 0.3 is 0 Å². The van der Waals surface area contributed by atoms with Crippen LogP contribution >= 0.6 is 11.3 Å². The molecule has 0 saturated carbocycles. The molecular formula is C22H26N2O5S. The largest absolute Gasteiger partial charge is 0.493 e. The lowest BCUT2D eigenvalue weighted by Crippen LogP contribution is -2.40. The van der Waals surface area contributed by atoms with Crippen molar-refractivity contribution in [1.29, 1.82) is 0 Å². The van der Waals surface area contributed by atoms with E-state index >= 15 is 0 Å². The van der Waals surface area contributed by atoms with Crippen molar-refractivity contribution in [2.45, 2.75) is 19.3 Å². The lowest BCUT2D eigenvalue weighted by atomic mass is 9.87. The van der Waals surface area contributed by atoms with Gasteiger partial charge in [-0.2, -0.15) is 0 Å². The summed E-state index contributed by atoms with van der Waals surface area (Å²) < 4.78 is 15.9. The molecule has 2 heterocycles. The van der Waals surface area contributed by atoms with E-state index in [1.165, 1.54) is 4.88 Å². The van der Waals surface area contributed by atoms with Crippen LogP contribution in [0.1, 0.15) is 26.5 Å². The number of morpholine rings is 1. The minimum Gasteiger partial charge on any atom is -0.493 e. The number of benzene rings is 1. The highest BCUT2D eigenvalue weighted by Crippen LogP contribution is 2.34. The minimum absolute atomic E-state index is 0.0138. The van der Waals surface area contributed by atoms with Gasteiger partial charge in [0.05, 0.1) is 32.3 Å². The Hall–Kier alpha value is -2.58. The van der Waals surface area contributed by atoms with E-state index in [0.29, 0.717) is 49.9 Å². The molecule has 0 spiro atoms. The van der Waals surface area contributed by atoms with Crippen LogP contribution in [0.2, 0.25) is 0 Å². The lowest BCUT2D eigenvalue weighted by Gasteiger charge is -2.26. The Morgan fingerprint density at radius 1 is 1.13 bits per heavy atom. The molecule has 1 aliphatic heterocycles. The van der Waals surface area contributed by atoms with Gasteiger partial charge in [0.15, 0.2) is 11.5 Å². The highest BCUT2D eigenvalue weighted by atomic mass is 32.1. The number of nitrogens with one attached hydrogen (secondary N) is 1. The van der Waals surface area contributed by atoms with Gasteiger partial charge in [0.25, 0.3) is 5.91 Å². The number of fused-ring (bicyclic) bond motifs is 1. The summed E-state index contributed by atoms with van der Waals surface area (Å²) in [4.78, 5) is 29.5. The van der Waals surface area contributed by atoms with E-state index in [-0.39, 0.29) is 17.7 Å². The Morgan fingerprint density at radius 3 is 2.63 bits per heavy atom. The summed E-state index contributed by atoms with van der Waals surface area (Å²) in [5.41, 5.74) is 1.80. The summed E-state index contributed by atoms with van der Waals surface area (Å²) in [6.07, 6.45) is 2.25. The summed E-state index contributed by atoms with van der Waals surface area (Å²) in [5.74, 6) is 1.13. The van der Waals surface area contributed by atoms with Gasteiger partial charge in [-0.25, -0.2) is 0 Å². The Morgan fingerprint density at radius 2 is 1.90 bits per heavy atom. The van der Waals surface area contributed by atoms with Crippen molar-refractivity contribution in [3.05, 3.63) is 39.6 Å². The number of carbonyl (C=O) groups is 2. The highest BCUT2D eigenvalue weighted by Gasteiger charge is 2.29. The SMILES string of the molecule is COc1ccc(NC(=O)C2CCc3sc(C(=O)N4CCOCC4)cc3C2)cc1OC. The number of methoxy groups -OCH3 is 2. The molecule has 1 atom stereocenters. The van der Waals surface area contributed by atoms with Crippen molar-refractivity contribution in [3.8, 4) is 11.5 Å². The summed E-state index contributed by atoms with van der Waals surface area (Å²) in [6.45, 7) is 2.46. The predicted octanol–water partition coefficient (Wildman–Crippen LogP) is 2.98. The van der Waals surface area contributed by atoms with Gasteiger partial charge < -0.3 is 24.4 Å². The van der Waals surface area contributed by atoms with Crippen LogP contribution in [0.5, 0.6) is 11.5 Å². The van der Waals surface area contributed by atoms with Gasteiger partial charge in [-0.05, 0) is 43.0 Å². The fraction of sp³-hybridized carbons (Fsp3) is 0.455. The lowest BCUT2D eigenvalue weighted by molar-refractivity contribution is -0.120. The molecule has 30 heavy (non-hydrogen) atoms. The number of anilines is 1. The Bertz CT molecular complexity index is 936. The van der Waals surface area contributed by atoms with Crippen LogP contribution in [0.4, 0.5) is 5.69 Å². The Labute approximate surface area is 179 Å². The third kappa shape index (κ3) is 4.29. The molecule has 1 saturated heterocycles. The summed E-state index contributed by atoms with van der Waals surface area (Å²) >= 11 is 1.57. The molecule has 2 aliphatic rings. The molecule has 1 N–H and O–H groups in total. The number of hydrogen-bond donors (Lipinski definition) is 1. The van der Waals surface area contributed by atoms with Crippen molar-refractivity contribution in [2.24, 2.45) is 5.92 Å². The zero-order chi connectivity index (χ0) is 21.1. The van der Waals surface area contributed by atoms with E-state index in [2.05, 4.69) is 5.32 Å². The van der Waals surface area contributed by atoms with Gasteiger partial charge in [0, 0.05) is 35.6 Å². The van der Waals surface area contributed by atoms with Crippen LogP contribution in [-0.2, 0) is 22.4 Å². The van der Waals surface area contributed by atoms with Crippen LogP contribution in [-0.4, -0.2) is 57.2 Å². The normalized spacial score (nSPS) is 18.5. The number of thiophene rings is 1. The molecule has 1 fully saturated rings. The van der Waals surface area contributed by atoms with Gasteiger partial charge in [-0.3, -0.25) is 9.59 Å². The molecule has 8 heteroatoms. The molecule has 1 unspecified atom stereocenters. The zero-order valence-corrected chi connectivity index (χ0v) is 18.0. The van der Waals surface area contributed by atoms with E-state index in [0.717, 1.165) is 23.3 Å². The molecule has 160 valence electrons. The maximum atomic E-state index is 12.9. The fourth-order valence-corrected chi connectivity index (χ4v) is 5.11. The quantitative estimate of drug-likeness (QED) is 0.789. The Kier molecular flexibility index (Phi) is 6.24. The topological polar surface area (TPSA) is 77.1 Å². The van der Waals surface area contributed by atoms with Gasteiger partial charge in [-0.1, -0.05) is 0 Å². The van der Waals surface area contributed by atoms with E-state index in [4.69, 9.17) is 14.2 Å². The molecule has 1 aliphatic carbocycles. The maximum Gasteiger partial charge on any atom is 0.264 e. The average Bonchev–Trinajstić information content (AvgIpc) is 3.22. The second-order valence-electron chi connectivity index (χ2n) is 7.46. The van der Waals surface area contributed by atoms with E-state index < -0.39 is 0 Å². The standard InChI is InChI=1S/C22H26N2O5S/c1-27-17-5-4-16(13-18(17)28-2)23-21(25)14-3-6-19-15(11-14)12-20(30-19)22(26)24-7-9-29-10-8-24/h4-5,12-14H,3,6-11H2,1-2H3,(H,23,25). The fourth-order valence-electron chi connectivity index (χ4n) is 3.93. The van der Waals surface area contributed by atoms with Gasteiger partial charge in [-0.15, -0.1) is 11.3 Å². The van der Waals surface area contributed by atoms with Crippen molar-refractivity contribution >= 4 is 28.8 Å². The third-order valence-corrected chi connectivity index (χ3v) is 6.84. The highest BCUT2D eigenvalue weighted by molar-refractivity contribution is 7.14. The second kappa shape index (κ2) is 9.06. The molecule has 1 aromatic heterocycles. The average molecular weight is 431 g/mol. The summed E-state index contributed by atoms with van der Waals surface area (Å²) in [5, 5.41) is 2.99. The molecule has 0 radical (unpaired) electrons. The number of carbonyl (C=O) groups excluding carboxylic acids is 2. The van der Waals surface area contributed by atoms with Gasteiger partial charge in [0.2, 0.25) is 5.91 Å². The molecule has 4 rings (SSSR count). The number of hydrogen-bond acceptors (Lipinski definition) is 6. The van der Waals surface area contributed by atoms with E-state index in [1.54, 1.807) is 43.8 Å². The van der Waals surface area contributed by atoms with Crippen LogP contribution in [0, 0.1) is 5.92 Å². The van der Waals surface area contributed by atoms with Crippen LogP contribution in [0.15, 0.2) is 24.3 Å². The van der Waals surface area contributed by atoms with Crippen LogP contribution in [0.3, 0.4) is 0 Å². The summed E-state index contributed by atoms with van der Waals surface area (Å²) in [7, 11) is 3.15. The molecule has 1 aromatic carbocycles. The first-order valence-corrected chi connectivity index (χ1v) is 10.9. The molecule has 2 amide bonds. The third-order valence-electron chi connectivity index (χ3n) is 5.61. The number of amides is 2. The van der Waals surface area contributed by atoms with Crippen molar-refractivity contribution in [2.75, 3.05) is 45.8 Å². The molecule has 2 aromatic rings. The maximum absolute atomic E-state index is 12.9. The number of aryl methyl sites for hydroxylation is 1. The number of ether oxygens (including phenoxy) is 3. The zero-order valence-electron chi connectivity index (χ0n) is 17.2. The smallest absolute Gasteiger partial charge is 0.264 e. The predicted molar refractivity (Wildman–Crippen MR) is 115 cm³/mol. The summed E-state index contributed by atoms with van der Waals surface area (Å²) in [6, 6.07) is 7.31. The van der Waals surface area contributed by atoms with Crippen LogP contribution in [0.25, 0.3) is 0 Å². The molecule has 7 nitrogen and oxygen atoms in total. The number of rotatable bonds is 5. The first-order chi connectivity index (χ1) is 14.6. The van der Waals surface area contributed by atoms with E-state index in [1.807, 2.05) is 11.0 Å². The first kappa shape index (κ1) is 20.7. The number of nitrogens with zero attached hydrogens (tertiary/aromatic N) is 1. The van der Waals surface area contributed by atoms with Crippen LogP contribution < -0.4 is 14.8 Å².